The van der Waals surface area contributed by atoms with Crippen LogP contribution in [0.1, 0.15) is 11.1 Å². The molecule has 110 valence electrons. The fourth-order valence-electron chi connectivity index (χ4n) is 2.51. The summed E-state index contributed by atoms with van der Waals surface area (Å²) in [5.41, 5.74) is 7.90. The van der Waals surface area contributed by atoms with E-state index >= 15 is 0 Å². The molecule has 0 saturated carbocycles. The van der Waals surface area contributed by atoms with Crippen molar-refractivity contribution in [3.63, 3.8) is 0 Å². The maximum absolute atomic E-state index is 6.23. The minimum Gasteiger partial charge on any atom is -0.488 e. The molecule has 0 aliphatic carbocycles. The Morgan fingerprint density at radius 3 is 2.86 bits per heavy atom. The summed E-state index contributed by atoms with van der Waals surface area (Å²) in [6, 6.07) is 13.9. The van der Waals surface area contributed by atoms with Crippen molar-refractivity contribution in [1.29, 1.82) is 0 Å². The first-order valence-corrected chi connectivity index (χ1v) is 7.50. The maximum atomic E-state index is 6.23. The van der Waals surface area contributed by atoms with E-state index in [2.05, 4.69) is 6.07 Å². The molecule has 0 fully saturated rings. The van der Waals surface area contributed by atoms with Gasteiger partial charge < -0.3 is 15.2 Å². The van der Waals surface area contributed by atoms with E-state index in [0.29, 0.717) is 23.9 Å². The first-order valence-electron chi connectivity index (χ1n) is 7.12. The molecule has 1 atom stereocenters. The maximum Gasteiger partial charge on any atom is 0.138 e. The highest BCUT2D eigenvalue weighted by Gasteiger charge is 2.23. The molecule has 0 radical (unpaired) electrons. The van der Waals surface area contributed by atoms with Gasteiger partial charge in [0.15, 0.2) is 0 Å². The summed E-state index contributed by atoms with van der Waals surface area (Å²) in [6.45, 7) is 1.11. The summed E-state index contributed by atoms with van der Waals surface area (Å²) in [5.74, 6) is 1.65. The fourth-order valence-corrected chi connectivity index (χ4v) is 2.77. The van der Waals surface area contributed by atoms with Crippen LogP contribution in [0.2, 0.25) is 5.02 Å². The molecule has 0 amide bonds. The zero-order chi connectivity index (χ0) is 14.7. The lowest BCUT2D eigenvalue weighted by atomic mass is 10.1. The van der Waals surface area contributed by atoms with E-state index in [1.807, 2.05) is 36.4 Å². The van der Waals surface area contributed by atoms with E-state index in [0.717, 1.165) is 24.2 Å². The Kier molecular flexibility index (Phi) is 4.32. The Balaban J connectivity index is 1.59. The summed E-state index contributed by atoms with van der Waals surface area (Å²) in [4.78, 5) is 0. The molecule has 1 unspecified atom stereocenters. The van der Waals surface area contributed by atoms with Crippen LogP contribution in [-0.2, 0) is 12.8 Å². The zero-order valence-corrected chi connectivity index (χ0v) is 12.5. The Morgan fingerprint density at radius 2 is 2.10 bits per heavy atom. The molecule has 0 bridgehead atoms. The molecule has 1 aliphatic heterocycles. The standard InChI is InChI=1S/C17H18ClNO2/c18-15-9-12(7-8-19)5-6-17(15)20-11-14-10-13-3-1-2-4-16(13)21-14/h1-6,9,14H,7-8,10-11,19H2. The Morgan fingerprint density at radius 1 is 1.24 bits per heavy atom. The number of halogens is 1. The van der Waals surface area contributed by atoms with Crippen LogP contribution in [0.25, 0.3) is 0 Å². The van der Waals surface area contributed by atoms with Crippen LogP contribution < -0.4 is 15.2 Å². The molecule has 3 nitrogen and oxygen atoms in total. The minimum absolute atomic E-state index is 0.0437. The predicted molar refractivity (Wildman–Crippen MR) is 84.3 cm³/mol. The van der Waals surface area contributed by atoms with Gasteiger partial charge in [-0.15, -0.1) is 0 Å². The molecule has 1 heterocycles. The molecule has 0 spiro atoms. The van der Waals surface area contributed by atoms with Gasteiger partial charge in [0.1, 0.15) is 24.2 Å². The molecular formula is C17H18ClNO2. The summed E-state index contributed by atoms with van der Waals surface area (Å²) in [6.07, 6.45) is 1.74. The summed E-state index contributed by atoms with van der Waals surface area (Å²) in [7, 11) is 0. The van der Waals surface area contributed by atoms with Crippen LogP contribution in [0.5, 0.6) is 11.5 Å². The van der Waals surface area contributed by atoms with Crippen molar-refractivity contribution < 1.29 is 9.47 Å². The van der Waals surface area contributed by atoms with Crippen LogP contribution in [0, 0.1) is 0 Å². The topological polar surface area (TPSA) is 44.5 Å². The average molecular weight is 304 g/mol. The second kappa shape index (κ2) is 6.37. The molecule has 2 N–H and O–H groups in total. The van der Waals surface area contributed by atoms with Gasteiger partial charge in [-0.2, -0.15) is 0 Å². The Bertz CT molecular complexity index is 605. The van der Waals surface area contributed by atoms with Gasteiger partial charge in [0.25, 0.3) is 0 Å². The third-order valence-corrected chi connectivity index (χ3v) is 3.86. The van der Waals surface area contributed by atoms with Crippen LogP contribution >= 0.6 is 11.6 Å². The number of hydrogen-bond donors (Lipinski definition) is 1. The minimum atomic E-state index is 0.0437. The molecule has 21 heavy (non-hydrogen) atoms. The molecule has 2 aromatic carbocycles. The van der Waals surface area contributed by atoms with Crippen molar-refractivity contribution in [3.05, 3.63) is 58.6 Å². The van der Waals surface area contributed by atoms with Gasteiger partial charge in [-0.3, -0.25) is 0 Å². The number of ether oxygens (including phenoxy) is 2. The van der Waals surface area contributed by atoms with E-state index in [-0.39, 0.29) is 6.10 Å². The van der Waals surface area contributed by atoms with Crippen molar-refractivity contribution in [2.75, 3.05) is 13.2 Å². The summed E-state index contributed by atoms with van der Waals surface area (Å²) >= 11 is 6.23. The molecule has 3 rings (SSSR count). The van der Waals surface area contributed by atoms with Gasteiger partial charge in [-0.1, -0.05) is 35.9 Å². The quantitative estimate of drug-likeness (QED) is 0.922. The number of nitrogens with two attached hydrogens (primary N) is 1. The lowest BCUT2D eigenvalue weighted by Gasteiger charge is -2.14. The first-order chi connectivity index (χ1) is 10.3. The van der Waals surface area contributed by atoms with Gasteiger partial charge in [0, 0.05) is 6.42 Å². The molecule has 2 aromatic rings. The molecule has 0 aromatic heterocycles. The SMILES string of the molecule is NCCc1ccc(OCC2Cc3ccccc3O2)c(Cl)c1. The van der Waals surface area contributed by atoms with E-state index in [1.54, 1.807) is 0 Å². The zero-order valence-electron chi connectivity index (χ0n) is 11.7. The average Bonchev–Trinajstić information content (AvgIpc) is 2.89. The van der Waals surface area contributed by atoms with E-state index in [1.165, 1.54) is 5.56 Å². The third-order valence-electron chi connectivity index (χ3n) is 3.57. The number of para-hydroxylation sites is 1. The van der Waals surface area contributed by atoms with Gasteiger partial charge in [-0.25, -0.2) is 0 Å². The monoisotopic (exact) mass is 303 g/mol. The largest absolute Gasteiger partial charge is 0.488 e. The number of benzene rings is 2. The van der Waals surface area contributed by atoms with E-state index in [9.17, 15) is 0 Å². The van der Waals surface area contributed by atoms with Crippen molar-refractivity contribution in [2.24, 2.45) is 5.73 Å². The molecule has 0 saturated heterocycles. The first kappa shape index (κ1) is 14.2. The highest BCUT2D eigenvalue weighted by Crippen LogP contribution is 2.30. The van der Waals surface area contributed by atoms with Crippen LogP contribution in [-0.4, -0.2) is 19.3 Å². The van der Waals surface area contributed by atoms with Crippen molar-refractivity contribution in [2.45, 2.75) is 18.9 Å². The lowest BCUT2D eigenvalue weighted by Crippen LogP contribution is -2.22. The number of rotatable bonds is 5. The fraction of sp³-hybridized carbons (Fsp3) is 0.294. The van der Waals surface area contributed by atoms with Crippen LogP contribution in [0.15, 0.2) is 42.5 Å². The number of hydrogen-bond acceptors (Lipinski definition) is 3. The van der Waals surface area contributed by atoms with Gasteiger partial charge in [0.2, 0.25) is 0 Å². The second-order valence-corrected chi connectivity index (χ2v) is 5.57. The van der Waals surface area contributed by atoms with E-state index in [4.69, 9.17) is 26.8 Å². The summed E-state index contributed by atoms with van der Waals surface area (Å²) < 4.78 is 11.6. The molecule has 1 aliphatic rings. The summed E-state index contributed by atoms with van der Waals surface area (Å²) in [5, 5.41) is 0.622. The van der Waals surface area contributed by atoms with Crippen molar-refractivity contribution >= 4 is 11.6 Å². The van der Waals surface area contributed by atoms with Gasteiger partial charge in [0.05, 0.1) is 5.02 Å². The van der Waals surface area contributed by atoms with Gasteiger partial charge in [-0.05, 0) is 42.3 Å². The highest BCUT2D eigenvalue weighted by molar-refractivity contribution is 6.32. The third kappa shape index (κ3) is 3.31. The lowest BCUT2D eigenvalue weighted by molar-refractivity contribution is 0.148. The smallest absolute Gasteiger partial charge is 0.138 e. The normalized spacial score (nSPS) is 16.4. The highest BCUT2D eigenvalue weighted by atomic mass is 35.5. The Labute approximate surface area is 129 Å². The Hall–Kier alpha value is -1.71. The predicted octanol–water partition coefficient (Wildman–Crippen LogP) is 3.22. The van der Waals surface area contributed by atoms with Crippen LogP contribution in [0.3, 0.4) is 0 Å². The van der Waals surface area contributed by atoms with Crippen molar-refractivity contribution in [1.82, 2.24) is 0 Å². The molecule has 4 heteroatoms. The second-order valence-electron chi connectivity index (χ2n) is 5.17. The van der Waals surface area contributed by atoms with Crippen LogP contribution in [0.4, 0.5) is 0 Å². The van der Waals surface area contributed by atoms with Crippen molar-refractivity contribution in [3.8, 4) is 11.5 Å². The van der Waals surface area contributed by atoms with E-state index < -0.39 is 0 Å². The number of fused-ring (bicyclic) bond motifs is 1. The van der Waals surface area contributed by atoms with Gasteiger partial charge >= 0.3 is 0 Å². The molecular weight excluding hydrogens is 286 g/mol.